The lowest BCUT2D eigenvalue weighted by Gasteiger charge is -2.28. The monoisotopic (exact) mass is 277 g/mol. The molecule has 0 radical (unpaired) electrons. The van der Waals surface area contributed by atoms with Crippen molar-refractivity contribution in [3.8, 4) is 0 Å². The smallest absolute Gasteiger partial charge is 0.150 e. The maximum atomic E-state index is 11.6. The van der Waals surface area contributed by atoms with Crippen LogP contribution in [-0.4, -0.2) is 30.5 Å². The summed E-state index contributed by atoms with van der Waals surface area (Å²) in [5, 5.41) is 10.9. The quantitative estimate of drug-likeness (QED) is 0.916. The number of aromatic nitrogens is 1. The molecule has 0 spiro atoms. The second-order valence-electron chi connectivity index (χ2n) is 4.53. The van der Waals surface area contributed by atoms with Crippen LogP contribution in [0.15, 0.2) is 54.9 Å². The van der Waals surface area contributed by atoms with Gasteiger partial charge in [0.2, 0.25) is 0 Å². The molecule has 0 bridgehead atoms. The van der Waals surface area contributed by atoms with Crippen molar-refractivity contribution in [2.45, 2.75) is 5.60 Å². The first-order valence-corrected chi connectivity index (χ1v) is 7.84. The van der Waals surface area contributed by atoms with Crippen molar-refractivity contribution in [3.63, 3.8) is 0 Å². The topological polar surface area (TPSA) is 67.3 Å². The molecule has 1 N–H and O–H groups in total. The molecular formula is C14H15NO3S. The van der Waals surface area contributed by atoms with E-state index in [2.05, 4.69) is 4.98 Å². The van der Waals surface area contributed by atoms with Crippen LogP contribution in [0.3, 0.4) is 0 Å². The largest absolute Gasteiger partial charge is 0.379 e. The molecule has 1 aromatic carbocycles. The van der Waals surface area contributed by atoms with Gasteiger partial charge in [0.15, 0.2) is 9.84 Å². The molecule has 5 heteroatoms. The first kappa shape index (κ1) is 13.7. The Morgan fingerprint density at radius 2 is 1.58 bits per heavy atom. The zero-order chi connectivity index (χ0) is 13.9. The van der Waals surface area contributed by atoms with Gasteiger partial charge in [0.05, 0.1) is 5.75 Å². The van der Waals surface area contributed by atoms with E-state index >= 15 is 0 Å². The van der Waals surface area contributed by atoms with Crippen LogP contribution in [0.5, 0.6) is 0 Å². The van der Waals surface area contributed by atoms with Gasteiger partial charge in [-0.2, -0.15) is 0 Å². The van der Waals surface area contributed by atoms with E-state index in [4.69, 9.17) is 0 Å². The van der Waals surface area contributed by atoms with Crippen LogP contribution in [0.25, 0.3) is 0 Å². The highest BCUT2D eigenvalue weighted by Crippen LogP contribution is 2.30. The summed E-state index contributed by atoms with van der Waals surface area (Å²) in [6.07, 6.45) is 4.18. The number of sulfone groups is 1. The number of hydrogen-bond donors (Lipinski definition) is 1. The van der Waals surface area contributed by atoms with Crippen molar-refractivity contribution in [1.29, 1.82) is 0 Å². The molecule has 1 heterocycles. The zero-order valence-corrected chi connectivity index (χ0v) is 11.3. The van der Waals surface area contributed by atoms with Gasteiger partial charge in [-0.3, -0.25) is 4.98 Å². The van der Waals surface area contributed by atoms with E-state index in [0.717, 1.165) is 6.26 Å². The van der Waals surface area contributed by atoms with Gasteiger partial charge in [0.1, 0.15) is 5.60 Å². The standard InChI is InChI=1S/C14H15NO3S/c1-19(17,18)11-14(16,12-5-3-2-4-6-12)13-7-9-15-10-8-13/h2-10,16H,11H2,1H3/t14-/m1/s1. The van der Waals surface area contributed by atoms with Gasteiger partial charge in [-0.1, -0.05) is 30.3 Å². The van der Waals surface area contributed by atoms with Gasteiger partial charge >= 0.3 is 0 Å². The van der Waals surface area contributed by atoms with E-state index < -0.39 is 15.4 Å². The third-order valence-corrected chi connectivity index (χ3v) is 3.82. The fourth-order valence-electron chi connectivity index (χ4n) is 2.05. The molecule has 2 aromatic rings. The maximum absolute atomic E-state index is 11.6. The Bertz CT molecular complexity index is 599. The molecule has 1 atom stereocenters. The summed E-state index contributed by atoms with van der Waals surface area (Å²) in [6, 6.07) is 12.0. The Kier molecular flexibility index (Phi) is 3.68. The Balaban J connectivity index is 2.57. The van der Waals surface area contributed by atoms with E-state index in [9.17, 15) is 13.5 Å². The molecule has 0 aliphatic heterocycles. The summed E-state index contributed by atoms with van der Waals surface area (Å²) < 4.78 is 23.2. The summed E-state index contributed by atoms with van der Waals surface area (Å²) in [7, 11) is -3.35. The SMILES string of the molecule is CS(=O)(=O)C[C@@](O)(c1ccccc1)c1ccncc1. The summed E-state index contributed by atoms with van der Waals surface area (Å²) in [6.45, 7) is 0. The fraction of sp³-hybridized carbons (Fsp3) is 0.214. The minimum atomic E-state index is -3.35. The fourth-order valence-corrected chi connectivity index (χ4v) is 3.15. The average molecular weight is 277 g/mol. The van der Waals surface area contributed by atoms with E-state index in [0.29, 0.717) is 11.1 Å². The Labute approximate surface area is 112 Å². The molecular weight excluding hydrogens is 262 g/mol. The summed E-state index contributed by atoms with van der Waals surface area (Å²) >= 11 is 0. The van der Waals surface area contributed by atoms with Crippen LogP contribution in [0.4, 0.5) is 0 Å². The third kappa shape index (κ3) is 3.19. The number of nitrogens with zero attached hydrogens (tertiary/aromatic N) is 1. The molecule has 0 aliphatic rings. The molecule has 0 unspecified atom stereocenters. The molecule has 0 fully saturated rings. The Morgan fingerprint density at radius 1 is 1.05 bits per heavy atom. The van der Waals surface area contributed by atoms with Crippen molar-refractivity contribution in [1.82, 2.24) is 4.98 Å². The molecule has 0 saturated carbocycles. The molecule has 4 nitrogen and oxygen atoms in total. The number of hydrogen-bond acceptors (Lipinski definition) is 4. The minimum absolute atomic E-state index is 0.367. The van der Waals surface area contributed by atoms with Crippen molar-refractivity contribution in [2.75, 3.05) is 12.0 Å². The Morgan fingerprint density at radius 3 is 2.11 bits per heavy atom. The molecule has 0 saturated heterocycles. The van der Waals surface area contributed by atoms with Gasteiger partial charge in [-0.15, -0.1) is 0 Å². The Hall–Kier alpha value is -1.72. The number of pyridine rings is 1. The van der Waals surface area contributed by atoms with E-state index in [-0.39, 0.29) is 5.75 Å². The van der Waals surface area contributed by atoms with Crippen LogP contribution >= 0.6 is 0 Å². The maximum Gasteiger partial charge on any atom is 0.150 e. The lowest BCUT2D eigenvalue weighted by molar-refractivity contribution is 0.105. The van der Waals surface area contributed by atoms with Crippen LogP contribution in [0.1, 0.15) is 11.1 Å². The van der Waals surface area contributed by atoms with Crippen LogP contribution in [-0.2, 0) is 15.4 Å². The van der Waals surface area contributed by atoms with Gasteiger partial charge in [0, 0.05) is 18.6 Å². The van der Waals surface area contributed by atoms with Crippen LogP contribution < -0.4 is 0 Å². The molecule has 0 amide bonds. The van der Waals surface area contributed by atoms with E-state index in [1.807, 2.05) is 6.07 Å². The highest BCUT2D eigenvalue weighted by Gasteiger charge is 2.35. The van der Waals surface area contributed by atoms with Gasteiger partial charge in [-0.25, -0.2) is 8.42 Å². The molecule has 2 rings (SSSR count). The first-order valence-electron chi connectivity index (χ1n) is 5.78. The zero-order valence-electron chi connectivity index (χ0n) is 10.5. The molecule has 1 aromatic heterocycles. The van der Waals surface area contributed by atoms with Crippen LogP contribution in [0, 0.1) is 0 Å². The van der Waals surface area contributed by atoms with Gasteiger partial charge < -0.3 is 5.11 Å². The number of aliphatic hydroxyl groups is 1. The first-order chi connectivity index (χ1) is 8.92. The predicted octanol–water partition coefficient (Wildman–Crippen LogP) is 1.36. The van der Waals surface area contributed by atoms with Crippen molar-refractivity contribution in [2.24, 2.45) is 0 Å². The van der Waals surface area contributed by atoms with Crippen molar-refractivity contribution < 1.29 is 13.5 Å². The minimum Gasteiger partial charge on any atom is -0.379 e. The summed E-state index contributed by atoms with van der Waals surface area (Å²) in [4.78, 5) is 3.89. The third-order valence-electron chi connectivity index (χ3n) is 2.88. The predicted molar refractivity (Wildman–Crippen MR) is 73.4 cm³/mol. The lowest BCUT2D eigenvalue weighted by atomic mass is 9.89. The highest BCUT2D eigenvalue weighted by atomic mass is 32.2. The average Bonchev–Trinajstić information content (AvgIpc) is 2.39. The van der Waals surface area contributed by atoms with Gasteiger partial charge in [0.25, 0.3) is 0 Å². The van der Waals surface area contributed by atoms with Gasteiger partial charge in [-0.05, 0) is 23.3 Å². The lowest BCUT2D eigenvalue weighted by Crippen LogP contribution is -2.35. The van der Waals surface area contributed by atoms with Crippen molar-refractivity contribution >= 4 is 9.84 Å². The number of rotatable bonds is 4. The second kappa shape index (κ2) is 5.11. The summed E-state index contributed by atoms with van der Waals surface area (Å²) in [5.74, 6) is -0.367. The van der Waals surface area contributed by atoms with E-state index in [1.165, 1.54) is 12.4 Å². The normalized spacial score (nSPS) is 14.8. The van der Waals surface area contributed by atoms with Crippen LogP contribution in [0.2, 0.25) is 0 Å². The van der Waals surface area contributed by atoms with Crippen molar-refractivity contribution in [3.05, 3.63) is 66.0 Å². The highest BCUT2D eigenvalue weighted by molar-refractivity contribution is 7.90. The summed E-state index contributed by atoms with van der Waals surface area (Å²) in [5.41, 5.74) is -0.497. The van der Waals surface area contributed by atoms with E-state index in [1.54, 1.807) is 36.4 Å². The molecule has 19 heavy (non-hydrogen) atoms. The molecule has 0 aliphatic carbocycles. The number of benzene rings is 1. The second-order valence-corrected chi connectivity index (χ2v) is 6.67. The molecule has 100 valence electrons.